The fourth-order valence-corrected chi connectivity index (χ4v) is 8.02. The molecule has 1 aromatic carbocycles. The van der Waals surface area contributed by atoms with Crippen molar-refractivity contribution in [3.8, 4) is 17.3 Å². The molecule has 3 aliphatic heterocycles. The standard InChI is InChI=1S/C29H30N10OS2/c1-5-22-26(35(4)27-33-25(23(11-30)41-27)18-8-6-17(2)7-9-18)39-28(32-22)42-29(34-39)38-15-20-10-21(38)14-36(20)16-24(40)37-12-19(13-37)31-3/h6-9,19-21H,5,10,12-16H2,1-2,4H3/t20-,21-/m0/s1. The summed E-state index contributed by atoms with van der Waals surface area (Å²) in [4.78, 5) is 35.9. The van der Waals surface area contributed by atoms with E-state index in [0.717, 1.165) is 63.8 Å². The molecule has 2 bridgehead atoms. The Kier molecular flexibility index (Phi) is 6.61. The molecule has 3 saturated heterocycles. The number of rotatable bonds is 7. The second-order valence-corrected chi connectivity index (χ2v) is 13.1. The molecule has 42 heavy (non-hydrogen) atoms. The molecular formula is C29H30N10OS2. The van der Waals surface area contributed by atoms with Crippen molar-refractivity contribution in [1.29, 1.82) is 5.26 Å². The van der Waals surface area contributed by atoms with Crippen LogP contribution in [0.25, 0.3) is 21.1 Å². The monoisotopic (exact) mass is 598 g/mol. The summed E-state index contributed by atoms with van der Waals surface area (Å²) in [5, 5.41) is 16.6. The molecule has 3 aromatic heterocycles. The molecule has 0 radical (unpaired) electrons. The normalized spacial score (nSPS) is 20.2. The predicted molar refractivity (Wildman–Crippen MR) is 163 cm³/mol. The number of nitrogens with zero attached hydrogens (tertiary/aromatic N) is 10. The van der Waals surface area contributed by atoms with Crippen molar-refractivity contribution < 1.29 is 4.79 Å². The molecule has 13 heteroatoms. The maximum atomic E-state index is 12.7. The average molecular weight is 599 g/mol. The van der Waals surface area contributed by atoms with Gasteiger partial charge in [0.25, 0.3) is 6.04 Å². The first kappa shape index (κ1) is 26.8. The molecule has 3 fully saturated rings. The highest BCUT2D eigenvalue weighted by atomic mass is 32.1. The Morgan fingerprint density at radius 1 is 1.17 bits per heavy atom. The molecule has 2 atom stereocenters. The molecule has 6 heterocycles. The van der Waals surface area contributed by atoms with Crippen LogP contribution in [0.4, 0.5) is 16.1 Å². The van der Waals surface area contributed by atoms with E-state index in [-0.39, 0.29) is 11.9 Å². The van der Waals surface area contributed by atoms with Crippen molar-refractivity contribution in [2.75, 3.05) is 49.6 Å². The van der Waals surface area contributed by atoms with E-state index in [4.69, 9.17) is 21.6 Å². The van der Waals surface area contributed by atoms with Gasteiger partial charge in [-0.1, -0.05) is 59.4 Å². The number of carbonyl (C=O) groups excluding carboxylic acids is 1. The minimum atomic E-state index is -0.0281. The molecule has 3 aliphatic rings. The number of likely N-dealkylation sites (tertiary alicyclic amines) is 2. The Hall–Kier alpha value is -4.04. The number of aromatic nitrogens is 4. The second-order valence-electron chi connectivity index (χ2n) is 11.2. The number of imidazole rings is 1. The van der Waals surface area contributed by atoms with Crippen molar-refractivity contribution in [3.63, 3.8) is 0 Å². The first-order valence-corrected chi connectivity index (χ1v) is 15.7. The molecule has 7 rings (SSSR count). The summed E-state index contributed by atoms with van der Waals surface area (Å²) >= 11 is 2.97. The summed E-state index contributed by atoms with van der Waals surface area (Å²) in [7, 11) is 1.96. The number of hydrogen-bond acceptors (Lipinski definition) is 10. The fourth-order valence-electron chi connectivity index (χ4n) is 6.18. The van der Waals surface area contributed by atoms with Crippen LogP contribution in [0.15, 0.2) is 24.3 Å². The van der Waals surface area contributed by atoms with Gasteiger partial charge >= 0.3 is 0 Å². The number of piperazine rings is 1. The third kappa shape index (κ3) is 4.40. The van der Waals surface area contributed by atoms with Crippen molar-refractivity contribution in [2.24, 2.45) is 0 Å². The van der Waals surface area contributed by atoms with E-state index >= 15 is 0 Å². The number of carbonyl (C=O) groups is 1. The topological polar surface area (TPSA) is 101 Å². The Labute approximate surface area is 252 Å². The molecule has 4 aromatic rings. The summed E-state index contributed by atoms with van der Waals surface area (Å²) in [6.07, 6.45) is 1.77. The van der Waals surface area contributed by atoms with Gasteiger partial charge < -0.3 is 19.5 Å². The van der Waals surface area contributed by atoms with E-state index in [2.05, 4.69) is 27.6 Å². The number of thiazole rings is 1. The fraction of sp³-hybridized carbons (Fsp3) is 0.448. The zero-order valence-electron chi connectivity index (χ0n) is 23.7. The van der Waals surface area contributed by atoms with Gasteiger partial charge in [-0.05, 0) is 19.8 Å². The highest BCUT2D eigenvalue weighted by Crippen LogP contribution is 2.40. The second kappa shape index (κ2) is 10.3. The van der Waals surface area contributed by atoms with Crippen LogP contribution < -0.4 is 9.80 Å². The zero-order chi connectivity index (χ0) is 29.1. The van der Waals surface area contributed by atoms with Crippen molar-refractivity contribution in [1.82, 2.24) is 29.4 Å². The first-order chi connectivity index (χ1) is 20.4. The Bertz CT molecular complexity index is 1750. The van der Waals surface area contributed by atoms with E-state index in [1.54, 1.807) is 16.2 Å². The van der Waals surface area contributed by atoms with Crippen LogP contribution >= 0.6 is 22.7 Å². The Balaban J connectivity index is 1.11. The molecule has 11 nitrogen and oxygen atoms in total. The van der Waals surface area contributed by atoms with Crippen LogP contribution in [0.1, 0.15) is 29.5 Å². The van der Waals surface area contributed by atoms with Gasteiger partial charge in [-0.25, -0.2) is 16.5 Å². The molecule has 214 valence electrons. The van der Waals surface area contributed by atoms with Crippen LogP contribution in [0.5, 0.6) is 0 Å². The zero-order valence-corrected chi connectivity index (χ0v) is 25.3. The van der Waals surface area contributed by atoms with Gasteiger partial charge in [0.15, 0.2) is 10.9 Å². The third-order valence-corrected chi connectivity index (χ3v) is 10.5. The average Bonchev–Trinajstić information content (AvgIpc) is 3.77. The van der Waals surface area contributed by atoms with Gasteiger partial charge in [-0.3, -0.25) is 9.69 Å². The summed E-state index contributed by atoms with van der Waals surface area (Å²) in [6.45, 7) is 14.5. The van der Waals surface area contributed by atoms with Gasteiger partial charge in [0.2, 0.25) is 16.0 Å². The van der Waals surface area contributed by atoms with Crippen LogP contribution in [-0.2, 0) is 11.2 Å². The van der Waals surface area contributed by atoms with Crippen molar-refractivity contribution in [2.45, 2.75) is 44.8 Å². The molecule has 0 spiro atoms. The summed E-state index contributed by atoms with van der Waals surface area (Å²) < 4.78 is 1.92. The Morgan fingerprint density at radius 3 is 2.62 bits per heavy atom. The first-order valence-electron chi connectivity index (χ1n) is 14.1. The van der Waals surface area contributed by atoms with Gasteiger partial charge in [-0.15, -0.1) is 5.10 Å². The van der Waals surface area contributed by atoms with Crippen LogP contribution in [0, 0.1) is 24.8 Å². The number of fused-ring (bicyclic) bond motifs is 3. The maximum absolute atomic E-state index is 12.7. The van der Waals surface area contributed by atoms with E-state index in [0.29, 0.717) is 42.3 Å². The highest BCUT2D eigenvalue weighted by Gasteiger charge is 2.46. The predicted octanol–water partition coefficient (Wildman–Crippen LogP) is 3.82. The lowest BCUT2D eigenvalue weighted by molar-refractivity contribution is -0.136. The smallest absolute Gasteiger partial charge is 0.258 e. The lowest BCUT2D eigenvalue weighted by Gasteiger charge is -2.36. The van der Waals surface area contributed by atoms with E-state index in [9.17, 15) is 10.1 Å². The number of nitriles is 1. The van der Waals surface area contributed by atoms with Gasteiger partial charge in [-0.2, -0.15) is 9.78 Å². The molecule has 0 saturated carbocycles. The lowest BCUT2D eigenvalue weighted by atomic mass is 10.1. The molecule has 0 aliphatic carbocycles. The number of hydrogen-bond donors (Lipinski definition) is 0. The van der Waals surface area contributed by atoms with Gasteiger partial charge in [0.1, 0.15) is 16.6 Å². The molecule has 1 amide bonds. The van der Waals surface area contributed by atoms with E-state index < -0.39 is 0 Å². The molecule has 0 N–H and O–H groups in total. The molecular weight excluding hydrogens is 569 g/mol. The Morgan fingerprint density at radius 2 is 1.95 bits per heavy atom. The number of benzene rings is 1. The summed E-state index contributed by atoms with van der Waals surface area (Å²) in [6, 6.07) is 11.0. The molecule has 0 unspecified atom stereocenters. The van der Waals surface area contributed by atoms with E-state index in [1.807, 2.05) is 47.7 Å². The van der Waals surface area contributed by atoms with Crippen molar-refractivity contribution in [3.05, 3.63) is 51.8 Å². The minimum Gasteiger partial charge on any atom is -0.341 e. The third-order valence-electron chi connectivity index (χ3n) is 8.56. The highest BCUT2D eigenvalue weighted by molar-refractivity contribution is 7.20. The minimum absolute atomic E-state index is 0.0281. The number of anilines is 3. The van der Waals surface area contributed by atoms with Crippen LogP contribution in [-0.4, -0.2) is 93.2 Å². The maximum Gasteiger partial charge on any atom is 0.258 e. The van der Waals surface area contributed by atoms with Gasteiger partial charge in [0, 0.05) is 37.8 Å². The van der Waals surface area contributed by atoms with Crippen molar-refractivity contribution >= 4 is 49.6 Å². The number of amides is 1. The SMILES string of the molecule is [C-]#[N+]C1CN(C(=O)CN2C[C@@H]3C[C@H]2CN3c2nn3c(N(C)c4nc(-c5ccc(C)cc5)c(C#N)s4)c(CC)nc3s2)C1. The van der Waals surface area contributed by atoms with Gasteiger partial charge in [0.05, 0.1) is 25.3 Å². The van der Waals surface area contributed by atoms with E-state index in [1.165, 1.54) is 11.3 Å². The largest absolute Gasteiger partial charge is 0.341 e. The van der Waals surface area contributed by atoms with Crippen LogP contribution in [0.2, 0.25) is 0 Å². The number of aryl methyl sites for hydroxylation is 2. The lowest BCUT2D eigenvalue weighted by Crippen LogP contribution is -2.56. The quantitative estimate of drug-likeness (QED) is 0.296. The summed E-state index contributed by atoms with van der Waals surface area (Å²) in [5.74, 6) is 1.00. The van der Waals surface area contributed by atoms with Crippen LogP contribution in [0.3, 0.4) is 0 Å². The summed E-state index contributed by atoms with van der Waals surface area (Å²) in [5.41, 5.74) is 3.72.